The fourth-order valence-corrected chi connectivity index (χ4v) is 4.57. The zero-order valence-electron chi connectivity index (χ0n) is 16.9. The predicted octanol–water partition coefficient (Wildman–Crippen LogP) is 3.36. The third-order valence-corrected chi connectivity index (χ3v) is 6.33. The first-order chi connectivity index (χ1) is 14.3. The van der Waals surface area contributed by atoms with Crippen molar-refractivity contribution in [2.24, 2.45) is 0 Å². The maximum Gasteiger partial charge on any atom is 0.258 e. The molecule has 2 aromatic rings. The average molecular weight is 474 g/mol. The van der Waals surface area contributed by atoms with Crippen LogP contribution in [0.3, 0.4) is 0 Å². The Kier molecular flexibility index (Phi) is 5.64. The molecule has 1 aromatic carbocycles. The highest BCUT2D eigenvalue weighted by Crippen LogP contribution is 2.32. The number of anilines is 3. The van der Waals surface area contributed by atoms with E-state index in [9.17, 15) is 14.4 Å². The number of H-pyrrole nitrogens is 1. The van der Waals surface area contributed by atoms with Gasteiger partial charge in [-0.05, 0) is 57.4 Å². The van der Waals surface area contributed by atoms with Crippen LogP contribution in [0, 0.1) is 0 Å². The van der Waals surface area contributed by atoms with E-state index >= 15 is 0 Å². The molecule has 0 saturated carbocycles. The minimum absolute atomic E-state index is 0.101. The molecule has 0 spiro atoms. The molecule has 30 heavy (non-hydrogen) atoms. The van der Waals surface area contributed by atoms with Gasteiger partial charge in [-0.15, -0.1) is 0 Å². The smallest absolute Gasteiger partial charge is 0.258 e. The lowest BCUT2D eigenvalue weighted by atomic mass is 9.92. The van der Waals surface area contributed by atoms with Crippen molar-refractivity contribution < 1.29 is 9.59 Å². The second kappa shape index (κ2) is 8.22. The van der Waals surface area contributed by atoms with E-state index in [-0.39, 0.29) is 35.8 Å². The van der Waals surface area contributed by atoms with Gasteiger partial charge in [-0.1, -0.05) is 15.9 Å². The summed E-state index contributed by atoms with van der Waals surface area (Å²) >= 11 is 3.35. The van der Waals surface area contributed by atoms with Gasteiger partial charge in [0.2, 0.25) is 17.8 Å². The third kappa shape index (κ3) is 3.98. The van der Waals surface area contributed by atoms with Crippen LogP contribution in [0.4, 0.5) is 17.5 Å². The fraction of sp³-hybridized carbons (Fsp3) is 0.429. The first kappa shape index (κ1) is 20.6. The zero-order chi connectivity index (χ0) is 21.4. The quantitative estimate of drug-likeness (QED) is 0.633. The number of aromatic nitrogens is 2. The second-order valence-electron chi connectivity index (χ2n) is 7.99. The van der Waals surface area contributed by atoms with Gasteiger partial charge in [-0.25, -0.2) is 0 Å². The third-order valence-electron chi connectivity index (χ3n) is 5.80. The summed E-state index contributed by atoms with van der Waals surface area (Å²) in [6, 6.07) is 7.56. The van der Waals surface area contributed by atoms with Crippen LogP contribution in [0.2, 0.25) is 0 Å². The summed E-state index contributed by atoms with van der Waals surface area (Å²) in [4.78, 5) is 47.7. The number of aromatic amines is 1. The number of benzene rings is 1. The Morgan fingerprint density at radius 3 is 2.50 bits per heavy atom. The molecule has 4 rings (SSSR count). The average Bonchev–Trinajstić information content (AvgIpc) is 2.68. The van der Waals surface area contributed by atoms with E-state index in [4.69, 9.17) is 0 Å². The molecule has 1 fully saturated rings. The van der Waals surface area contributed by atoms with E-state index in [1.165, 1.54) is 0 Å². The Balaban J connectivity index is 1.67. The van der Waals surface area contributed by atoms with Crippen LogP contribution in [-0.4, -0.2) is 33.9 Å². The van der Waals surface area contributed by atoms with Gasteiger partial charge >= 0.3 is 0 Å². The highest BCUT2D eigenvalue weighted by molar-refractivity contribution is 9.10. The maximum absolute atomic E-state index is 13.0. The van der Waals surface area contributed by atoms with Crippen LogP contribution in [-0.2, 0) is 9.59 Å². The van der Waals surface area contributed by atoms with Crippen molar-refractivity contribution >= 4 is 45.2 Å². The molecule has 9 heteroatoms. The molecule has 3 atom stereocenters. The maximum atomic E-state index is 13.0. The van der Waals surface area contributed by atoms with Crippen LogP contribution < -0.4 is 21.1 Å². The summed E-state index contributed by atoms with van der Waals surface area (Å²) in [5.74, 6) is -1.03. The molecule has 2 aliphatic rings. The molecule has 8 nitrogen and oxygen atoms in total. The van der Waals surface area contributed by atoms with Crippen molar-refractivity contribution in [3.63, 3.8) is 0 Å². The molecule has 158 valence electrons. The summed E-state index contributed by atoms with van der Waals surface area (Å²) in [6.07, 6.45) is 3.05. The van der Waals surface area contributed by atoms with Crippen molar-refractivity contribution in [2.45, 2.75) is 57.5 Å². The van der Waals surface area contributed by atoms with Crippen molar-refractivity contribution in [3.05, 3.63) is 44.7 Å². The normalized spacial score (nSPS) is 23.5. The van der Waals surface area contributed by atoms with Crippen LogP contribution in [0.15, 0.2) is 33.5 Å². The lowest BCUT2D eigenvalue weighted by molar-refractivity contribution is -0.123. The van der Waals surface area contributed by atoms with Gasteiger partial charge in [-0.3, -0.25) is 19.4 Å². The first-order valence-corrected chi connectivity index (χ1v) is 10.9. The van der Waals surface area contributed by atoms with E-state index in [1.54, 1.807) is 24.3 Å². The Bertz CT molecular complexity index is 1030. The zero-order valence-corrected chi connectivity index (χ0v) is 18.5. The minimum atomic E-state index is -0.904. The number of hydrogen-bond donors (Lipinski definition) is 3. The molecular weight excluding hydrogens is 450 g/mol. The monoisotopic (exact) mass is 473 g/mol. The Morgan fingerprint density at radius 2 is 1.83 bits per heavy atom. The van der Waals surface area contributed by atoms with Crippen LogP contribution in [0.1, 0.15) is 51.0 Å². The Morgan fingerprint density at radius 1 is 1.17 bits per heavy atom. The number of hydrogen-bond acceptors (Lipinski definition) is 5. The number of rotatable bonds is 3. The van der Waals surface area contributed by atoms with Gasteiger partial charge in [0, 0.05) is 28.7 Å². The largest absolute Gasteiger partial charge is 0.337 e. The molecule has 0 bridgehead atoms. The Hall–Kier alpha value is -2.68. The fourth-order valence-electron chi connectivity index (χ4n) is 4.31. The molecule has 3 N–H and O–H groups in total. The number of carbonyl (C=O) groups is 2. The Labute approximate surface area is 182 Å². The van der Waals surface area contributed by atoms with E-state index in [1.807, 2.05) is 0 Å². The molecule has 1 saturated heterocycles. The highest BCUT2D eigenvalue weighted by Gasteiger charge is 2.36. The van der Waals surface area contributed by atoms with Gasteiger partial charge in [0.15, 0.2) is 0 Å². The standard InChI is InChI=1S/C21H24BrN5O3/c1-11-4-3-5-12(2)27(11)21-25-18-17(20(30)26-21)15(10-16(28)24-18)19(29)23-14-8-6-13(22)7-9-14/h6-9,11-12,15H,3-5,10H2,1-2H3,(H,23,29)(H2,24,25,26,28,30)/t11-,12-,15-/m0/s1. The van der Waals surface area contributed by atoms with E-state index in [2.05, 4.69) is 55.3 Å². The second-order valence-corrected chi connectivity index (χ2v) is 8.90. The highest BCUT2D eigenvalue weighted by atomic mass is 79.9. The molecule has 3 heterocycles. The van der Waals surface area contributed by atoms with Crippen LogP contribution in [0.25, 0.3) is 0 Å². The van der Waals surface area contributed by atoms with Crippen molar-refractivity contribution in [1.29, 1.82) is 0 Å². The summed E-state index contributed by atoms with van der Waals surface area (Å²) in [6.45, 7) is 4.20. The molecule has 1 aromatic heterocycles. The summed E-state index contributed by atoms with van der Waals surface area (Å²) < 4.78 is 0.886. The molecule has 2 aliphatic heterocycles. The van der Waals surface area contributed by atoms with Crippen LogP contribution in [0.5, 0.6) is 0 Å². The summed E-state index contributed by atoms with van der Waals surface area (Å²) in [5.41, 5.74) is 0.397. The predicted molar refractivity (Wildman–Crippen MR) is 119 cm³/mol. The lowest BCUT2D eigenvalue weighted by Crippen LogP contribution is -2.46. The van der Waals surface area contributed by atoms with Gasteiger partial charge < -0.3 is 15.5 Å². The van der Waals surface area contributed by atoms with Crippen LogP contribution >= 0.6 is 15.9 Å². The van der Waals surface area contributed by atoms with Gasteiger partial charge in [0.1, 0.15) is 5.82 Å². The molecule has 2 amide bonds. The minimum Gasteiger partial charge on any atom is -0.337 e. The number of halogens is 1. The van der Waals surface area contributed by atoms with E-state index in [0.717, 1.165) is 23.7 Å². The summed E-state index contributed by atoms with van der Waals surface area (Å²) in [7, 11) is 0. The van der Waals surface area contributed by atoms with Crippen molar-refractivity contribution in [2.75, 3.05) is 15.5 Å². The van der Waals surface area contributed by atoms with E-state index in [0.29, 0.717) is 11.6 Å². The molecule has 0 aliphatic carbocycles. The van der Waals surface area contributed by atoms with Crippen molar-refractivity contribution in [3.8, 4) is 0 Å². The van der Waals surface area contributed by atoms with Crippen molar-refractivity contribution in [1.82, 2.24) is 9.97 Å². The number of nitrogens with one attached hydrogen (secondary N) is 3. The molecular formula is C21H24BrN5O3. The van der Waals surface area contributed by atoms with Gasteiger partial charge in [0.05, 0.1) is 11.5 Å². The number of piperidine rings is 1. The molecule has 0 unspecified atom stereocenters. The number of fused-ring (bicyclic) bond motifs is 1. The van der Waals surface area contributed by atoms with Gasteiger partial charge in [0.25, 0.3) is 5.56 Å². The van der Waals surface area contributed by atoms with E-state index < -0.39 is 17.4 Å². The molecule has 0 radical (unpaired) electrons. The number of nitrogens with zero attached hydrogens (tertiary/aromatic N) is 2. The number of carbonyl (C=O) groups excluding carboxylic acids is 2. The van der Waals surface area contributed by atoms with Gasteiger partial charge in [-0.2, -0.15) is 4.98 Å². The SMILES string of the molecule is C[C@H]1CCC[C@H](C)N1c1nc2c(c(=O)[nH]1)[C@@H](C(=O)Nc1ccc(Br)cc1)CC(=O)N2. The topological polar surface area (TPSA) is 107 Å². The first-order valence-electron chi connectivity index (χ1n) is 10.1. The lowest BCUT2D eigenvalue weighted by Gasteiger charge is -2.39. The number of amides is 2. The summed E-state index contributed by atoms with van der Waals surface area (Å²) in [5, 5.41) is 5.47.